The molecular formula is C23H21F2N3O5. The van der Waals surface area contributed by atoms with Gasteiger partial charge in [-0.25, -0.2) is 13.6 Å². The number of carbonyl (C=O) groups excluding carboxylic acids is 2. The van der Waals surface area contributed by atoms with E-state index in [0.29, 0.717) is 11.1 Å². The van der Waals surface area contributed by atoms with Crippen LogP contribution in [0.25, 0.3) is 11.4 Å². The predicted molar refractivity (Wildman–Crippen MR) is 110 cm³/mol. The minimum atomic E-state index is -1.02. The smallest absolute Gasteiger partial charge is 0.329 e. The molecule has 2 aromatic carbocycles. The van der Waals surface area contributed by atoms with Gasteiger partial charge in [-0.2, -0.15) is 4.98 Å². The first kappa shape index (κ1) is 22.5. The molecule has 4 rings (SSSR count). The number of aliphatic hydroxyl groups is 1. The molecule has 1 amide bonds. The van der Waals surface area contributed by atoms with E-state index in [2.05, 4.69) is 10.1 Å². The summed E-state index contributed by atoms with van der Waals surface area (Å²) in [4.78, 5) is 30.6. The molecule has 33 heavy (non-hydrogen) atoms. The van der Waals surface area contributed by atoms with Gasteiger partial charge in [0.1, 0.15) is 17.7 Å². The number of aromatic nitrogens is 2. The van der Waals surface area contributed by atoms with Crippen LogP contribution in [0.5, 0.6) is 0 Å². The van der Waals surface area contributed by atoms with Crippen LogP contribution in [0.4, 0.5) is 8.78 Å². The largest absolute Gasteiger partial charge is 0.454 e. The van der Waals surface area contributed by atoms with Crippen LogP contribution < -0.4 is 0 Å². The maximum Gasteiger partial charge on any atom is 0.329 e. The number of nitrogens with zero attached hydrogens (tertiary/aromatic N) is 3. The second-order valence-electron chi connectivity index (χ2n) is 7.80. The third kappa shape index (κ3) is 5.06. The maximum atomic E-state index is 13.9. The lowest BCUT2D eigenvalue weighted by Gasteiger charge is -2.23. The Morgan fingerprint density at radius 3 is 2.76 bits per heavy atom. The SMILES string of the molecule is Cc1ccc(-c2noc(COC(=O)C3CC(O)CN3C(=O)Cc3ccccc3F)n2)cc1F. The van der Waals surface area contributed by atoms with Gasteiger partial charge in [-0.05, 0) is 30.2 Å². The number of ether oxygens (including phenoxy) is 1. The van der Waals surface area contributed by atoms with Crippen molar-refractivity contribution in [1.29, 1.82) is 0 Å². The second kappa shape index (κ2) is 9.45. The Balaban J connectivity index is 1.39. The number of β-amino-alcohol motifs (C(OH)–C–C–N with tert-alkyl or cyclic N) is 1. The van der Waals surface area contributed by atoms with Crippen molar-refractivity contribution in [3.63, 3.8) is 0 Å². The molecule has 0 aliphatic carbocycles. The lowest BCUT2D eigenvalue weighted by molar-refractivity contribution is -0.155. The highest BCUT2D eigenvalue weighted by Gasteiger charge is 2.40. The lowest BCUT2D eigenvalue weighted by atomic mass is 10.1. The summed E-state index contributed by atoms with van der Waals surface area (Å²) in [5, 5.41) is 13.8. The molecule has 3 aromatic rings. The number of halogens is 2. The van der Waals surface area contributed by atoms with Crippen molar-refractivity contribution in [2.45, 2.75) is 38.5 Å². The summed E-state index contributed by atoms with van der Waals surface area (Å²) in [6, 6.07) is 9.33. The summed E-state index contributed by atoms with van der Waals surface area (Å²) in [6.07, 6.45) is -1.15. The molecular weight excluding hydrogens is 436 g/mol. The second-order valence-corrected chi connectivity index (χ2v) is 7.80. The lowest BCUT2D eigenvalue weighted by Crippen LogP contribution is -2.42. The molecule has 1 saturated heterocycles. The molecule has 0 bridgehead atoms. The zero-order chi connectivity index (χ0) is 23.5. The standard InChI is InChI=1S/C23H21F2N3O5/c1-13-6-7-15(8-18(13)25)22-26-20(33-27-22)12-32-23(31)19-10-16(29)11-28(19)21(30)9-14-4-2-3-5-17(14)24/h2-8,16,19,29H,9-12H2,1H3. The summed E-state index contributed by atoms with van der Waals surface area (Å²) in [7, 11) is 0. The van der Waals surface area contributed by atoms with Crippen molar-refractivity contribution in [2.24, 2.45) is 0 Å². The van der Waals surface area contributed by atoms with Crippen LogP contribution >= 0.6 is 0 Å². The third-order valence-corrected chi connectivity index (χ3v) is 5.41. The molecule has 1 aliphatic rings. The molecule has 0 saturated carbocycles. The number of hydrogen-bond acceptors (Lipinski definition) is 7. The average molecular weight is 457 g/mol. The molecule has 2 atom stereocenters. The number of benzene rings is 2. The predicted octanol–water partition coefficient (Wildman–Crippen LogP) is 2.57. The highest BCUT2D eigenvalue weighted by molar-refractivity contribution is 5.86. The fourth-order valence-corrected chi connectivity index (χ4v) is 3.61. The van der Waals surface area contributed by atoms with Crippen molar-refractivity contribution >= 4 is 11.9 Å². The van der Waals surface area contributed by atoms with Crippen molar-refractivity contribution in [2.75, 3.05) is 6.54 Å². The highest BCUT2D eigenvalue weighted by atomic mass is 19.1. The topological polar surface area (TPSA) is 106 Å². The Hall–Kier alpha value is -3.66. The first-order valence-corrected chi connectivity index (χ1v) is 10.3. The van der Waals surface area contributed by atoms with Crippen molar-refractivity contribution in [3.8, 4) is 11.4 Å². The van der Waals surface area contributed by atoms with Gasteiger partial charge in [0.2, 0.25) is 11.7 Å². The molecule has 1 aliphatic heterocycles. The van der Waals surface area contributed by atoms with E-state index in [0.717, 1.165) is 0 Å². The molecule has 2 heterocycles. The first-order chi connectivity index (χ1) is 15.8. The summed E-state index contributed by atoms with van der Waals surface area (Å²) >= 11 is 0. The van der Waals surface area contributed by atoms with Gasteiger partial charge in [-0.1, -0.05) is 35.5 Å². The Bertz CT molecular complexity index is 1180. The fraction of sp³-hybridized carbons (Fsp3) is 0.304. The van der Waals surface area contributed by atoms with E-state index in [1.165, 1.54) is 29.2 Å². The van der Waals surface area contributed by atoms with Gasteiger partial charge in [-0.15, -0.1) is 0 Å². The zero-order valence-electron chi connectivity index (χ0n) is 17.7. The van der Waals surface area contributed by atoms with E-state index in [1.807, 2.05) is 0 Å². The summed E-state index contributed by atoms with van der Waals surface area (Å²) in [6.45, 7) is 1.21. The number of aryl methyl sites for hydroxylation is 1. The number of amides is 1. The third-order valence-electron chi connectivity index (χ3n) is 5.41. The van der Waals surface area contributed by atoms with E-state index in [4.69, 9.17) is 9.26 Å². The molecule has 172 valence electrons. The molecule has 1 N–H and O–H groups in total. The number of likely N-dealkylation sites (tertiary alicyclic amines) is 1. The summed E-state index contributed by atoms with van der Waals surface area (Å²) in [5.41, 5.74) is 1.08. The normalized spacial score (nSPS) is 17.9. The maximum absolute atomic E-state index is 13.9. The fourth-order valence-electron chi connectivity index (χ4n) is 3.61. The molecule has 1 aromatic heterocycles. The number of esters is 1. The monoisotopic (exact) mass is 457 g/mol. The van der Waals surface area contributed by atoms with E-state index in [1.54, 1.807) is 25.1 Å². The van der Waals surface area contributed by atoms with Gasteiger partial charge in [-0.3, -0.25) is 4.79 Å². The molecule has 10 heteroatoms. The molecule has 2 unspecified atom stereocenters. The number of rotatable bonds is 6. The summed E-state index contributed by atoms with van der Waals surface area (Å²) in [5.74, 6) is -2.06. The Labute approximate surface area is 187 Å². The van der Waals surface area contributed by atoms with E-state index >= 15 is 0 Å². The number of carbonyl (C=O) groups is 2. The Morgan fingerprint density at radius 1 is 1.21 bits per heavy atom. The average Bonchev–Trinajstić information content (AvgIpc) is 3.42. The van der Waals surface area contributed by atoms with Crippen LogP contribution in [0, 0.1) is 18.6 Å². The molecule has 0 spiro atoms. The van der Waals surface area contributed by atoms with E-state index in [9.17, 15) is 23.5 Å². The van der Waals surface area contributed by atoms with Gasteiger partial charge in [0, 0.05) is 18.5 Å². The minimum absolute atomic E-state index is 0.000425. The molecule has 1 fully saturated rings. The van der Waals surface area contributed by atoms with Crippen LogP contribution in [-0.2, 0) is 27.4 Å². The van der Waals surface area contributed by atoms with Gasteiger partial charge >= 0.3 is 5.97 Å². The van der Waals surface area contributed by atoms with Crippen LogP contribution in [0.2, 0.25) is 0 Å². The Morgan fingerprint density at radius 2 is 2.00 bits per heavy atom. The zero-order valence-corrected chi connectivity index (χ0v) is 17.7. The Kier molecular flexibility index (Phi) is 6.45. The van der Waals surface area contributed by atoms with E-state index < -0.39 is 35.7 Å². The van der Waals surface area contributed by atoms with Crippen LogP contribution in [0.3, 0.4) is 0 Å². The van der Waals surface area contributed by atoms with Gasteiger partial charge in [0.05, 0.1) is 12.5 Å². The minimum Gasteiger partial charge on any atom is -0.454 e. The summed E-state index contributed by atoms with van der Waals surface area (Å²) < 4.78 is 37.9. The van der Waals surface area contributed by atoms with Crippen LogP contribution in [0.15, 0.2) is 47.0 Å². The van der Waals surface area contributed by atoms with Crippen molar-refractivity contribution in [3.05, 3.63) is 71.1 Å². The van der Waals surface area contributed by atoms with Crippen LogP contribution in [-0.4, -0.2) is 50.7 Å². The van der Waals surface area contributed by atoms with Gasteiger partial charge in [0.25, 0.3) is 5.89 Å². The van der Waals surface area contributed by atoms with Gasteiger partial charge in [0.15, 0.2) is 6.61 Å². The quantitative estimate of drug-likeness (QED) is 0.567. The number of hydrogen-bond donors (Lipinski definition) is 1. The van der Waals surface area contributed by atoms with Crippen molar-refractivity contribution in [1.82, 2.24) is 15.0 Å². The van der Waals surface area contributed by atoms with E-state index in [-0.39, 0.29) is 43.3 Å². The van der Waals surface area contributed by atoms with Gasteiger partial charge < -0.3 is 19.3 Å². The molecule has 0 radical (unpaired) electrons. The highest BCUT2D eigenvalue weighted by Crippen LogP contribution is 2.23. The number of aliphatic hydroxyl groups excluding tert-OH is 1. The molecule has 8 nitrogen and oxygen atoms in total. The first-order valence-electron chi connectivity index (χ1n) is 10.3. The van der Waals surface area contributed by atoms with Crippen LogP contribution in [0.1, 0.15) is 23.4 Å². The van der Waals surface area contributed by atoms with Crippen molar-refractivity contribution < 1.29 is 32.7 Å².